The van der Waals surface area contributed by atoms with Gasteiger partial charge < -0.3 is 10.1 Å². The maximum absolute atomic E-state index is 13.1. The summed E-state index contributed by atoms with van der Waals surface area (Å²) in [6, 6.07) is 5.04. The smallest absolute Gasteiger partial charge is 0.124 e. The molecule has 1 N–H and O–H groups in total. The third-order valence-corrected chi connectivity index (χ3v) is 3.43. The van der Waals surface area contributed by atoms with Crippen LogP contribution in [0, 0.1) is 5.82 Å². The Labute approximate surface area is 123 Å². The second kappa shape index (κ2) is 7.36. The summed E-state index contributed by atoms with van der Waals surface area (Å²) in [5.74, 6) is -0.221. The molecule has 108 valence electrons. The van der Waals surface area contributed by atoms with Crippen LogP contribution in [-0.2, 0) is 11.2 Å². The molecule has 1 aromatic rings. The fourth-order valence-electron chi connectivity index (χ4n) is 1.78. The molecule has 1 atom stereocenters. The molecule has 0 bridgehead atoms. The molecule has 0 radical (unpaired) electrons. The molecule has 0 spiro atoms. The van der Waals surface area contributed by atoms with Gasteiger partial charge in [-0.25, -0.2) is 4.39 Å². The highest BCUT2D eigenvalue weighted by atomic mass is 79.9. The van der Waals surface area contributed by atoms with E-state index in [1.807, 2.05) is 26.8 Å². The van der Waals surface area contributed by atoms with Gasteiger partial charge in [0.2, 0.25) is 0 Å². The van der Waals surface area contributed by atoms with Crippen molar-refractivity contribution in [2.45, 2.75) is 45.8 Å². The molecular formula is C15H23BrFNO. The first-order valence-corrected chi connectivity index (χ1v) is 7.42. The minimum absolute atomic E-state index is 0.145. The van der Waals surface area contributed by atoms with Crippen molar-refractivity contribution in [3.63, 3.8) is 0 Å². The number of likely N-dealkylation sites (N-methyl/N-ethyl adjacent to an activating group) is 1. The van der Waals surface area contributed by atoms with E-state index in [0.29, 0.717) is 6.61 Å². The molecule has 4 heteroatoms. The van der Waals surface area contributed by atoms with E-state index in [-0.39, 0.29) is 17.5 Å². The fourth-order valence-corrected chi connectivity index (χ4v) is 2.29. The summed E-state index contributed by atoms with van der Waals surface area (Å²) in [6.07, 6.45) is 0.810. The number of rotatable bonds is 6. The van der Waals surface area contributed by atoms with Crippen LogP contribution in [0.3, 0.4) is 0 Å². The Morgan fingerprint density at radius 1 is 1.37 bits per heavy atom. The van der Waals surface area contributed by atoms with Gasteiger partial charge in [0.05, 0.1) is 12.2 Å². The van der Waals surface area contributed by atoms with Crippen molar-refractivity contribution in [3.8, 4) is 0 Å². The van der Waals surface area contributed by atoms with Crippen molar-refractivity contribution in [3.05, 3.63) is 34.1 Å². The molecule has 1 aromatic carbocycles. The largest absolute Gasteiger partial charge is 0.374 e. The van der Waals surface area contributed by atoms with E-state index in [0.717, 1.165) is 23.0 Å². The molecule has 0 aliphatic carbocycles. The van der Waals surface area contributed by atoms with Gasteiger partial charge in [-0.2, -0.15) is 0 Å². The number of benzene rings is 1. The highest BCUT2D eigenvalue weighted by molar-refractivity contribution is 9.10. The average molecular weight is 332 g/mol. The Hall–Kier alpha value is -0.450. The second-order valence-electron chi connectivity index (χ2n) is 5.62. The maximum Gasteiger partial charge on any atom is 0.124 e. The zero-order chi connectivity index (χ0) is 14.5. The van der Waals surface area contributed by atoms with E-state index in [4.69, 9.17) is 4.74 Å². The summed E-state index contributed by atoms with van der Waals surface area (Å²) in [4.78, 5) is 0. The third kappa shape index (κ3) is 6.50. The van der Waals surface area contributed by atoms with Gasteiger partial charge in [-0.15, -0.1) is 0 Å². The molecule has 19 heavy (non-hydrogen) atoms. The lowest BCUT2D eigenvalue weighted by atomic mass is 10.1. The summed E-state index contributed by atoms with van der Waals surface area (Å²) in [5.41, 5.74) is 0.943. The SMILES string of the molecule is CCNC(COC(C)(C)C)Cc1ccc(F)cc1Br. The number of nitrogens with one attached hydrogen (secondary N) is 1. The van der Waals surface area contributed by atoms with E-state index < -0.39 is 0 Å². The predicted molar refractivity (Wildman–Crippen MR) is 81.0 cm³/mol. The summed E-state index contributed by atoms with van der Waals surface area (Å²) < 4.78 is 19.7. The molecule has 2 nitrogen and oxygen atoms in total. The van der Waals surface area contributed by atoms with E-state index in [2.05, 4.69) is 28.2 Å². The number of hydrogen-bond donors (Lipinski definition) is 1. The first-order valence-electron chi connectivity index (χ1n) is 6.63. The first kappa shape index (κ1) is 16.6. The molecule has 0 saturated carbocycles. The zero-order valence-corrected chi connectivity index (χ0v) is 13.7. The maximum atomic E-state index is 13.1. The second-order valence-corrected chi connectivity index (χ2v) is 6.47. The topological polar surface area (TPSA) is 21.3 Å². The highest BCUT2D eigenvalue weighted by Crippen LogP contribution is 2.20. The summed E-state index contributed by atoms with van der Waals surface area (Å²) >= 11 is 3.41. The van der Waals surface area contributed by atoms with Crippen molar-refractivity contribution in [1.29, 1.82) is 0 Å². The summed E-state index contributed by atoms with van der Waals surface area (Å²) in [5, 5.41) is 3.41. The van der Waals surface area contributed by atoms with Crippen LogP contribution < -0.4 is 5.32 Å². The van der Waals surface area contributed by atoms with Crippen LogP contribution in [0.1, 0.15) is 33.3 Å². The predicted octanol–water partition coefficient (Wildman–Crippen LogP) is 3.92. The Bertz CT molecular complexity index is 404. The van der Waals surface area contributed by atoms with E-state index in [1.165, 1.54) is 12.1 Å². The van der Waals surface area contributed by atoms with Gasteiger partial charge >= 0.3 is 0 Å². The molecule has 0 heterocycles. The van der Waals surface area contributed by atoms with E-state index >= 15 is 0 Å². The van der Waals surface area contributed by atoms with Crippen LogP contribution >= 0.6 is 15.9 Å². The number of hydrogen-bond acceptors (Lipinski definition) is 2. The van der Waals surface area contributed by atoms with Crippen molar-refractivity contribution in [2.24, 2.45) is 0 Å². The minimum Gasteiger partial charge on any atom is -0.374 e. The standard InChI is InChI=1S/C15H23BrFNO/c1-5-18-13(10-19-15(2,3)4)8-11-6-7-12(17)9-14(11)16/h6-7,9,13,18H,5,8,10H2,1-4H3. The van der Waals surface area contributed by atoms with Gasteiger partial charge in [-0.05, 0) is 51.4 Å². The van der Waals surface area contributed by atoms with Gasteiger partial charge in [-0.3, -0.25) is 0 Å². The molecule has 0 fully saturated rings. The molecular weight excluding hydrogens is 309 g/mol. The van der Waals surface area contributed by atoms with Gasteiger partial charge in [0.25, 0.3) is 0 Å². The fraction of sp³-hybridized carbons (Fsp3) is 0.600. The van der Waals surface area contributed by atoms with Gasteiger partial charge in [0, 0.05) is 10.5 Å². The summed E-state index contributed by atoms with van der Waals surface area (Å²) in [7, 11) is 0. The quantitative estimate of drug-likeness (QED) is 0.852. The third-order valence-electron chi connectivity index (χ3n) is 2.69. The Kier molecular flexibility index (Phi) is 6.43. The molecule has 1 rings (SSSR count). The first-order chi connectivity index (χ1) is 8.81. The highest BCUT2D eigenvalue weighted by Gasteiger charge is 2.16. The molecule has 0 saturated heterocycles. The van der Waals surface area contributed by atoms with Gasteiger partial charge in [-0.1, -0.05) is 28.9 Å². The zero-order valence-electron chi connectivity index (χ0n) is 12.1. The van der Waals surface area contributed by atoms with Crippen LogP contribution in [0.2, 0.25) is 0 Å². The van der Waals surface area contributed by atoms with Gasteiger partial charge in [0.1, 0.15) is 5.82 Å². The van der Waals surface area contributed by atoms with E-state index in [9.17, 15) is 4.39 Å². The Morgan fingerprint density at radius 2 is 2.05 bits per heavy atom. The average Bonchev–Trinajstić information content (AvgIpc) is 2.28. The van der Waals surface area contributed by atoms with Crippen LogP contribution in [0.4, 0.5) is 4.39 Å². The van der Waals surface area contributed by atoms with Crippen molar-refractivity contribution in [1.82, 2.24) is 5.32 Å². The lowest BCUT2D eigenvalue weighted by Crippen LogP contribution is -2.38. The van der Waals surface area contributed by atoms with Crippen molar-refractivity contribution >= 4 is 15.9 Å². The van der Waals surface area contributed by atoms with Gasteiger partial charge in [0.15, 0.2) is 0 Å². The molecule has 0 amide bonds. The normalized spacial score (nSPS) is 13.6. The molecule has 0 aromatic heterocycles. The van der Waals surface area contributed by atoms with Crippen LogP contribution in [0.5, 0.6) is 0 Å². The van der Waals surface area contributed by atoms with Crippen molar-refractivity contribution in [2.75, 3.05) is 13.2 Å². The molecule has 0 aliphatic heterocycles. The minimum atomic E-state index is -0.221. The van der Waals surface area contributed by atoms with Crippen molar-refractivity contribution < 1.29 is 9.13 Å². The monoisotopic (exact) mass is 331 g/mol. The van der Waals surface area contributed by atoms with Crippen LogP contribution in [0.25, 0.3) is 0 Å². The summed E-state index contributed by atoms with van der Waals surface area (Å²) in [6.45, 7) is 9.74. The van der Waals surface area contributed by atoms with E-state index in [1.54, 1.807) is 0 Å². The molecule has 0 aliphatic rings. The number of halogens is 2. The lowest BCUT2D eigenvalue weighted by Gasteiger charge is -2.25. The number of ether oxygens (including phenoxy) is 1. The molecule has 1 unspecified atom stereocenters. The Balaban J connectivity index is 2.67. The Morgan fingerprint density at radius 3 is 2.58 bits per heavy atom. The van der Waals surface area contributed by atoms with Crippen LogP contribution in [0.15, 0.2) is 22.7 Å². The lowest BCUT2D eigenvalue weighted by molar-refractivity contribution is -0.0141. The van der Waals surface area contributed by atoms with Crippen LogP contribution in [-0.4, -0.2) is 24.8 Å².